The second-order valence-electron chi connectivity index (χ2n) is 5.13. The Morgan fingerprint density at radius 1 is 1.09 bits per heavy atom. The zero-order valence-electron chi connectivity index (χ0n) is 12.9. The Morgan fingerprint density at radius 2 is 1.74 bits per heavy atom. The van der Waals surface area contributed by atoms with Crippen LogP contribution in [0.15, 0.2) is 47.4 Å². The standard InChI is InChI=1S/C16H18N2O4S/c1-11-3-8-15(9-12(11)2)23(20,21)18-13-4-6-14(7-5-13)22-10-16(17)19/h3-9,18H,10H2,1-2H3,(H2,17,19). The number of nitrogens with two attached hydrogens (primary N) is 1. The first-order chi connectivity index (χ1) is 10.8. The highest BCUT2D eigenvalue weighted by Crippen LogP contribution is 2.21. The summed E-state index contributed by atoms with van der Waals surface area (Å²) in [5.74, 6) is -0.151. The maximum atomic E-state index is 12.4. The average Bonchev–Trinajstić information content (AvgIpc) is 2.49. The van der Waals surface area contributed by atoms with Crippen molar-refractivity contribution in [2.75, 3.05) is 11.3 Å². The van der Waals surface area contributed by atoms with Crippen molar-refractivity contribution in [2.24, 2.45) is 5.73 Å². The quantitative estimate of drug-likeness (QED) is 0.843. The van der Waals surface area contributed by atoms with Gasteiger partial charge in [-0.15, -0.1) is 0 Å². The number of sulfonamides is 1. The molecule has 0 aliphatic rings. The molecule has 0 aliphatic heterocycles. The molecule has 0 heterocycles. The highest BCUT2D eigenvalue weighted by Gasteiger charge is 2.14. The number of anilines is 1. The third-order valence-electron chi connectivity index (χ3n) is 3.28. The minimum Gasteiger partial charge on any atom is -0.484 e. The van der Waals surface area contributed by atoms with E-state index in [1.807, 2.05) is 13.8 Å². The van der Waals surface area contributed by atoms with Crippen LogP contribution in [0.4, 0.5) is 5.69 Å². The Morgan fingerprint density at radius 3 is 2.30 bits per heavy atom. The van der Waals surface area contributed by atoms with Crippen molar-refractivity contribution in [3.05, 3.63) is 53.6 Å². The van der Waals surface area contributed by atoms with Gasteiger partial charge in [0.15, 0.2) is 6.61 Å². The Kier molecular flexibility index (Phi) is 4.90. The molecule has 2 aromatic carbocycles. The molecule has 122 valence electrons. The fourth-order valence-corrected chi connectivity index (χ4v) is 3.01. The zero-order valence-corrected chi connectivity index (χ0v) is 13.7. The lowest BCUT2D eigenvalue weighted by Crippen LogP contribution is -2.20. The van der Waals surface area contributed by atoms with Gasteiger partial charge in [-0.2, -0.15) is 0 Å². The van der Waals surface area contributed by atoms with Gasteiger partial charge >= 0.3 is 0 Å². The maximum absolute atomic E-state index is 12.4. The monoisotopic (exact) mass is 334 g/mol. The fraction of sp³-hybridized carbons (Fsp3) is 0.188. The number of amides is 1. The Labute approximate surface area is 135 Å². The first kappa shape index (κ1) is 16.8. The molecule has 23 heavy (non-hydrogen) atoms. The van der Waals surface area contributed by atoms with Gasteiger partial charge in [0.05, 0.1) is 4.90 Å². The summed E-state index contributed by atoms with van der Waals surface area (Å²) in [7, 11) is -3.66. The van der Waals surface area contributed by atoms with Crippen molar-refractivity contribution >= 4 is 21.6 Å². The number of aryl methyl sites for hydroxylation is 2. The first-order valence-electron chi connectivity index (χ1n) is 6.89. The van der Waals surface area contributed by atoms with Crippen LogP contribution in [-0.2, 0) is 14.8 Å². The highest BCUT2D eigenvalue weighted by atomic mass is 32.2. The molecule has 3 N–H and O–H groups in total. The number of nitrogens with one attached hydrogen (secondary N) is 1. The first-order valence-corrected chi connectivity index (χ1v) is 8.37. The van der Waals surface area contributed by atoms with Crippen molar-refractivity contribution in [3.8, 4) is 5.75 Å². The molecule has 0 aliphatic carbocycles. The van der Waals surface area contributed by atoms with Crippen LogP contribution in [-0.4, -0.2) is 20.9 Å². The third-order valence-corrected chi connectivity index (χ3v) is 4.66. The summed E-state index contributed by atoms with van der Waals surface area (Å²) in [6.07, 6.45) is 0. The number of carbonyl (C=O) groups excluding carboxylic acids is 1. The van der Waals surface area contributed by atoms with E-state index in [1.165, 1.54) is 0 Å². The smallest absolute Gasteiger partial charge is 0.261 e. The number of hydrogen-bond donors (Lipinski definition) is 2. The summed E-state index contributed by atoms with van der Waals surface area (Å²) in [6.45, 7) is 3.55. The van der Waals surface area contributed by atoms with Crippen molar-refractivity contribution in [1.82, 2.24) is 0 Å². The number of carbonyl (C=O) groups is 1. The SMILES string of the molecule is Cc1ccc(S(=O)(=O)Nc2ccc(OCC(N)=O)cc2)cc1C. The normalized spacial score (nSPS) is 11.0. The van der Waals surface area contributed by atoms with Gasteiger partial charge in [0.1, 0.15) is 5.75 Å². The number of primary amides is 1. The summed E-state index contributed by atoms with van der Waals surface area (Å²) >= 11 is 0. The molecule has 0 saturated heterocycles. The van der Waals surface area contributed by atoms with E-state index < -0.39 is 15.9 Å². The molecule has 0 aromatic heterocycles. The molecule has 0 radical (unpaired) electrons. The van der Waals surface area contributed by atoms with Crippen LogP contribution in [0.5, 0.6) is 5.75 Å². The lowest BCUT2D eigenvalue weighted by Gasteiger charge is -2.10. The Hall–Kier alpha value is -2.54. The number of ether oxygens (including phenoxy) is 1. The Bertz CT molecular complexity index is 814. The lowest BCUT2D eigenvalue weighted by atomic mass is 10.1. The highest BCUT2D eigenvalue weighted by molar-refractivity contribution is 7.92. The predicted octanol–water partition coefficient (Wildman–Crippen LogP) is 1.97. The van der Waals surface area contributed by atoms with Crippen LogP contribution in [0.1, 0.15) is 11.1 Å². The van der Waals surface area contributed by atoms with Crippen molar-refractivity contribution in [3.63, 3.8) is 0 Å². The van der Waals surface area contributed by atoms with Gasteiger partial charge in [0, 0.05) is 5.69 Å². The van der Waals surface area contributed by atoms with Crippen LogP contribution in [0, 0.1) is 13.8 Å². The molecule has 0 bridgehead atoms. The summed E-state index contributed by atoms with van der Waals surface area (Å²) in [5, 5.41) is 0. The van der Waals surface area contributed by atoms with E-state index in [2.05, 4.69) is 4.72 Å². The van der Waals surface area contributed by atoms with Gasteiger partial charge in [0.2, 0.25) is 0 Å². The van der Waals surface area contributed by atoms with E-state index in [4.69, 9.17) is 10.5 Å². The fourth-order valence-electron chi connectivity index (χ4n) is 1.87. The molecule has 0 fully saturated rings. The van der Waals surface area contributed by atoms with Gasteiger partial charge in [-0.25, -0.2) is 8.42 Å². The molecule has 2 aromatic rings. The third kappa shape index (κ3) is 4.46. The summed E-state index contributed by atoms with van der Waals surface area (Å²) < 4.78 is 32.3. The molecule has 0 atom stereocenters. The topological polar surface area (TPSA) is 98.5 Å². The van der Waals surface area contributed by atoms with Gasteiger partial charge in [0.25, 0.3) is 15.9 Å². The van der Waals surface area contributed by atoms with Crippen LogP contribution >= 0.6 is 0 Å². The van der Waals surface area contributed by atoms with Crippen LogP contribution in [0.25, 0.3) is 0 Å². The van der Waals surface area contributed by atoms with Crippen molar-refractivity contribution < 1.29 is 17.9 Å². The maximum Gasteiger partial charge on any atom is 0.261 e. The summed E-state index contributed by atoms with van der Waals surface area (Å²) in [6, 6.07) is 11.2. The number of rotatable bonds is 6. The molecular formula is C16H18N2O4S. The second kappa shape index (κ2) is 6.70. The lowest BCUT2D eigenvalue weighted by molar-refractivity contribution is -0.119. The van der Waals surface area contributed by atoms with E-state index in [0.29, 0.717) is 11.4 Å². The average molecular weight is 334 g/mol. The molecule has 0 spiro atoms. The van der Waals surface area contributed by atoms with E-state index >= 15 is 0 Å². The largest absolute Gasteiger partial charge is 0.484 e. The van der Waals surface area contributed by atoms with Crippen molar-refractivity contribution in [2.45, 2.75) is 18.7 Å². The van der Waals surface area contributed by atoms with E-state index in [-0.39, 0.29) is 11.5 Å². The molecule has 6 nitrogen and oxygen atoms in total. The minimum absolute atomic E-state index is 0.203. The van der Waals surface area contributed by atoms with Crippen molar-refractivity contribution in [1.29, 1.82) is 0 Å². The zero-order chi connectivity index (χ0) is 17.0. The van der Waals surface area contributed by atoms with Crippen LogP contribution in [0.3, 0.4) is 0 Å². The second-order valence-corrected chi connectivity index (χ2v) is 6.81. The molecule has 0 unspecified atom stereocenters. The number of hydrogen-bond acceptors (Lipinski definition) is 4. The molecule has 2 rings (SSSR count). The van der Waals surface area contributed by atoms with Crippen LogP contribution < -0.4 is 15.2 Å². The van der Waals surface area contributed by atoms with E-state index in [0.717, 1.165) is 11.1 Å². The van der Waals surface area contributed by atoms with Gasteiger partial charge < -0.3 is 10.5 Å². The predicted molar refractivity (Wildman–Crippen MR) is 87.9 cm³/mol. The van der Waals surface area contributed by atoms with E-state index in [1.54, 1.807) is 42.5 Å². The van der Waals surface area contributed by atoms with E-state index in [9.17, 15) is 13.2 Å². The number of benzene rings is 2. The minimum atomic E-state index is -3.66. The molecule has 7 heteroatoms. The summed E-state index contributed by atoms with van der Waals surface area (Å²) in [4.78, 5) is 10.8. The molecular weight excluding hydrogens is 316 g/mol. The Balaban J connectivity index is 2.13. The molecule has 1 amide bonds. The summed E-state index contributed by atoms with van der Waals surface area (Å²) in [5.41, 5.74) is 7.32. The van der Waals surface area contributed by atoms with Crippen LogP contribution in [0.2, 0.25) is 0 Å². The van der Waals surface area contributed by atoms with Gasteiger partial charge in [-0.3, -0.25) is 9.52 Å². The molecule has 0 saturated carbocycles. The van der Waals surface area contributed by atoms with Gasteiger partial charge in [-0.05, 0) is 61.4 Å². The van der Waals surface area contributed by atoms with Gasteiger partial charge in [-0.1, -0.05) is 6.07 Å².